The van der Waals surface area contributed by atoms with E-state index >= 15 is 0 Å². The van der Waals surface area contributed by atoms with Gasteiger partial charge in [-0.15, -0.1) is 0 Å². The van der Waals surface area contributed by atoms with E-state index in [1.165, 1.54) is 17.1 Å². The van der Waals surface area contributed by atoms with Crippen LogP contribution in [0.4, 0.5) is 0 Å². The Kier molecular flexibility index (Phi) is 1.96. The van der Waals surface area contributed by atoms with Gasteiger partial charge >= 0.3 is 0 Å². The van der Waals surface area contributed by atoms with Crippen molar-refractivity contribution in [3.63, 3.8) is 0 Å². The van der Waals surface area contributed by atoms with Crippen molar-refractivity contribution in [2.75, 3.05) is 5.75 Å². The van der Waals surface area contributed by atoms with Crippen molar-refractivity contribution in [1.29, 1.82) is 0 Å². The molecule has 1 aliphatic heterocycles. The smallest absolute Gasteiger partial charge is 0.119 e. The first-order chi connectivity index (χ1) is 6.84. The largest absolute Gasteiger partial charge is 0.326 e. The average Bonchev–Trinajstić information content (AvgIpc) is 2.54. The second-order valence-corrected chi connectivity index (χ2v) is 4.91. The Balaban J connectivity index is 2.31. The van der Waals surface area contributed by atoms with Gasteiger partial charge in [0.2, 0.25) is 0 Å². The summed E-state index contributed by atoms with van der Waals surface area (Å²) in [5, 5.41) is 0.764. The highest BCUT2D eigenvalue weighted by atomic mass is 35.5. The maximum atomic E-state index is 5.93. The van der Waals surface area contributed by atoms with E-state index in [4.69, 9.17) is 11.6 Å². The van der Waals surface area contributed by atoms with E-state index in [1.54, 1.807) is 0 Å². The molecule has 2 aromatic rings. The molecule has 72 valence electrons. The van der Waals surface area contributed by atoms with E-state index in [-0.39, 0.29) is 0 Å². The lowest BCUT2D eigenvalue weighted by Gasteiger charge is -2.13. The molecule has 1 aromatic heterocycles. The summed E-state index contributed by atoms with van der Waals surface area (Å²) in [7, 11) is 0. The number of benzene rings is 1. The summed E-state index contributed by atoms with van der Waals surface area (Å²) >= 11 is 7.87. The summed E-state index contributed by atoms with van der Waals surface area (Å²) in [4.78, 5) is 4.57. The lowest BCUT2D eigenvalue weighted by molar-refractivity contribution is 0.740. The molecular weight excluding hydrogens is 216 g/mol. The number of aromatic nitrogens is 2. The van der Waals surface area contributed by atoms with Crippen molar-refractivity contribution in [3.8, 4) is 0 Å². The van der Waals surface area contributed by atoms with Gasteiger partial charge in [0.15, 0.2) is 0 Å². The molecule has 0 N–H and O–H groups in total. The summed E-state index contributed by atoms with van der Waals surface area (Å²) in [5.74, 6) is 3.38. The van der Waals surface area contributed by atoms with Crippen molar-refractivity contribution >= 4 is 34.4 Å². The Morgan fingerprint density at radius 2 is 2.36 bits per heavy atom. The van der Waals surface area contributed by atoms with Crippen LogP contribution in [0.15, 0.2) is 18.2 Å². The standard InChI is InChI=1S/C10H9ClN2S/c11-7-1-2-9-8(5-7)12-10-6-14-4-3-13(9)10/h1-2,5H,3-4,6H2. The van der Waals surface area contributed by atoms with Crippen LogP contribution in [0, 0.1) is 0 Å². The van der Waals surface area contributed by atoms with Gasteiger partial charge in [-0.25, -0.2) is 4.98 Å². The summed E-state index contributed by atoms with van der Waals surface area (Å²) < 4.78 is 2.29. The molecule has 1 aliphatic rings. The highest BCUT2D eigenvalue weighted by Crippen LogP contribution is 2.26. The molecule has 2 nitrogen and oxygen atoms in total. The molecule has 0 bridgehead atoms. The molecule has 0 saturated carbocycles. The fourth-order valence-corrected chi connectivity index (χ4v) is 2.86. The molecule has 1 aromatic carbocycles. The number of hydrogen-bond acceptors (Lipinski definition) is 2. The minimum absolute atomic E-state index is 0.764. The molecule has 0 aliphatic carbocycles. The van der Waals surface area contributed by atoms with Gasteiger partial charge in [0.25, 0.3) is 0 Å². The van der Waals surface area contributed by atoms with Gasteiger partial charge in [0.1, 0.15) is 5.82 Å². The molecule has 0 atom stereocenters. The highest BCUT2D eigenvalue weighted by Gasteiger charge is 2.14. The lowest BCUT2D eigenvalue weighted by atomic mass is 10.3. The minimum Gasteiger partial charge on any atom is -0.326 e. The number of nitrogens with zero attached hydrogens (tertiary/aromatic N) is 2. The van der Waals surface area contributed by atoms with Gasteiger partial charge < -0.3 is 4.57 Å². The third-order valence-electron chi connectivity index (χ3n) is 2.48. The zero-order valence-electron chi connectivity index (χ0n) is 7.53. The quantitative estimate of drug-likeness (QED) is 0.685. The van der Waals surface area contributed by atoms with E-state index < -0.39 is 0 Å². The zero-order valence-corrected chi connectivity index (χ0v) is 9.11. The minimum atomic E-state index is 0.764. The van der Waals surface area contributed by atoms with Crippen LogP contribution in [0.3, 0.4) is 0 Å². The molecular formula is C10H9ClN2S. The Bertz CT molecular complexity index is 492. The molecule has 2 heterocycles. The highest BCUT2D eigenvalue weighted by molar-refractivity contribution is 7.98. The Labute approximate surface area is 91.3 Å². The summed E-state index contributed by atoms with van der Waals surface area (Å²) in [5.41, 5.74) is 2.24. The second-order valence-electron chi connectivity index (χ2n) is 3.37. The molecule has 0 spiro atoms. The third-order valence-corrected chi connectivity index (χ3v) is 3.65. The molecule has 3 rings (SSSR count). The number of imidazole rings is 1. The van der Waals surface area contributed by atoms with Crippen LogP contribution in [0.25, 0.3) is 11.0 Å². The Morgan fingerprint density at radius 3 is 3.29 bits per heavy atom. The lowest BCUT2D eigenvalue weighted by Crippen LogP contribution is -2.10. The Morgan fingerprint density at radius 1 is 1.43 bits per heavy atom. The number of aryl methyl sites for hydroxylation is 1. The van der Waals surface area contributed by atoms with E-state index in [9.17, 15) is 0 Å². The third kappa shape index (κ3) is 1.23. The molecule has 0 radical (unpaired) electrons. The molecule has 0 unspecified atom stereocenters. The van der Waals surface area contributed by atoms with Gasteiger partial charge in [0, 0.05) is 17.3 Å². The SMILES string of the molecule is Clc1ccc2c(c1)nc1n2CCSC1. The van der Waals surface area contributed by atoms with Crippen molar-refractivity contribution in [2.24, 2.45) is 0 Å². The summed E-state index contributed by atoms with van der Waals surface area (Å²) in [6.07, 6.45) is 0. The van der Waals surface area contributed by atoms with Gasteiger partial charge in [-0.05, 0) is 18.2 Å². The normalized spacial score (nSPS) is 15.8. The zero-order chi connectivity index (χ0) is 9.54. The van der Waals surface area contributed by atoms with Gasteiger partial charge in [-0.3, -0.25) is 0 Å². The second kappa shape index (κ2) is 3.17. The van der Waals surface area contributed by atoms with Crippen molar-refractivity contribution in [1.82, 2.24) is 9.55 Å². The van der Waals surface area contributed by atoms with Gasteiger partial charge in [-0.2, -0.15) is 11.8 Å². The molecule has 14 heavy (non-hydrogen) atoms. The van der Waals surface area contributed by atoms with Crippen LogP contribution in [0.5, 0.6) is 0 Å². The predicted molar refractivity (Wildman–Crippen MR) is 60.9 cm³/mol. The van der Waals surface area contributed by atoms with E-state index in [0.29, 0.717) is 0 Å². The van der Waals surface area contributed by atoms with Gasteiger partial charge in [0.05, 0.1) is 16.8 Å². The monoisotopic (exact) mass is 224 g/mol. The molecule has 4 heteroatoms. The molecule has 0 amide bonds. The van der Waals surface area contributed by atoms with Crippen LogP contribution in [-0.4, -0.2) is 15.3 Å². The van der Waals surface area contributed by atoms with Crippen LogP contribution in [0.1, 0.15) is 5.82 Å². The summed E-state index contributed by atoms with van der Waals surface area (Å²) in [6.45, 7) is 1.07. The number of fused-ring (bicyclic) bond motifs is 3. The fraction of sp³-hybridized carbons (Fsp3) is 0.300. The fourth-order valence-electron chi connectivity index (χ4n) is 1.83. The number of hydrogen-bond donors (Lipinski definition) is 0. The summed E-state index contributed by atoms with van der Waals surface area (Å²) in [6, 6.07) is 5.93. The Hall–Kier alpha value is -0.670. The van der Waals surface area contributed by atoms with E-state index in [0.717, 1.165) is 22.8 Å². The first-order valence-corrected chi connectivity index (χ1v) is 6.10. The first kappa shape index (κ1) is 8.62. The maximum absolute atomic E-state index is 5.93. The number of halogens is 1. The van der Waals surface area contributed by atoms with Crippen LogP contribution < -0.4 is 0 Å². The van der Waals surface area contributed by atoms with Crippen LogP contribution in [-0.2, 0) is 12.3 Å². The van der Waals surface area contributed by atoms with Crippen molar-refractivity contribution in [3.05, 3.63) is 29.0 Å². The van der Waals surface area contributed by atoms with E-state index in [1.807, 2.05) is 23.9 Å². The van der Waals surface area contributed by atoms with Crippen molar-refractivity contribution in [2.45, 2.75) is 12.3 Å². The van der Waals surface area contributed by atoms with Crippen molar-refractivity contribution < 1.29 is 0 Å². The molecule has 0 fully saturated rings. The first-order valence-electron chi connectivity index (χ1n) is 4.57. The van der Waals surface area contributed by atoms with Crippen LogP contribution >= 0.6 is 23.4 Å². The number of rotatable bonds is 0. The maximum Gasteiger partial charge on any atom is 0.119 e. The van der Waals surface area contributed by atoms with Gasteiger partial charge in [-0.1, -0.05) is 11.6 Å². The predicted octanol–water partition coefficient (Wildman–Crippen LogP) is 2.94. The molecule has 0 saturated heterocycles. The number of thioether (sulfide) groups is 1. The van der Waals surface area contributed by atoms with Crippen LogP contribution in [0.2, 0.25) is 5.02 Å². The topological polar surface area (TPSA) is 17.8 Å². The van der Waals surface area contributed by atoms with E-state index in [2.05, 4.69) is 15.6 Å². The average molecular weight is 225 g/mol.